The maximum atomic E-state index is 12.2. The predicted molar refractivity (Wildman–Crippen MR) is 87.2 cm³/mol. The molecule has 0 unspecified atom stereocenters. The lowest BCUT2D eigenvalue weighted by molar-refractivity contribution is 0.101. The monoisotopic (exact) mass is 328 g/mol. The van der Waals surface area contributed by atoms with Gasteiger partial charge in [-0.25, -0.2) is 9.67 Å². The van der Waals surface area contributed by atoms with Gasteiger partial charge < -0.3 is 10.4 Å². The smallest absolute Gasteiger partial charge is 0.295 e. The summed E-state index contributed by atoms with van der Waals surface area (Å²) in [4.78, 5) is 16.4. The minimum absolute atomic E-state index is 0.0424. The van der Waals surface area contributed by atoms with Crippen LogP contribution in [0.15, 0.2) is 48.5 Å². The highest BCUT2D eigenvalue weighted by molar-refractivity contribution is 6.30. The van der Waals surface area contributed by atoms with Gasteiger partial charge >= 0.3 is 0 Å². The molecule has 1 heterocycles. The van der Waals surface area contributed by atoms with Gasteiger partial charge in [0.1, 0.15) is 11.6 Å². The highest BCUT2D eigenvalue weighted by Crippen LogP contribution is 2.17. The molecule has 23 heavy (non-hydrogen) atoms. The number of nitrogens with one attached hydrogen (secondary N) is 1. The summed E-state index contributed by atoms with van der Waals surface area (Å²) in [5.74, 6) is 0.235. The number of phenolic OH excluding ortho intramolecular Hbond substituents is 1. The van der Waals surface area contributed by atoms with Gasteiger partial charge in [-0.3, -0.25) is 4.79 Å². The number of hydrogen-bond acceptors (Lipinski definition) is 4. The molecule has 0 aliphatic heterocycles. The fourth-order valence-corrected chi connectivity index (χ4v) is 2.21. The number of halogens is 1. The second kappa shape index (κ2) is 6.10. The molecule has 116 valence electrons. The first-order valence-corrected chi connectivity index (χ1v) is 7.21. The molecule has 0 atom stereocenters. The van der Waals surface area contributed by atoms with E-state index in [0.29, 0.717) is 16.5 Å². The molecule has 0 bridgehead atoms. The van der Waals surface area contributed by atoms with Crippen molar-refractivity contribution < 1.29 is 9.90 Å². The Morgan fingerprint density at radius 2 is 1.96 bits per heavy atom. The average Bonchev–Trinajstić information content (AvgIpc) is 2.90. The van der Waals surface area contributed by atoms with Crippen molar-refractivity contribution in [2.45, 2.75) is 6.92 Å². The number of carbonyl (C=O) groups excluding carboxylic acids is 1. The Labute approximate surface area is 137 Å². The topological polar surface area (TPSA) is 80.0 Å². The van der Waals surface area contributed by atoms with Gasteiger partial charge in [-0.15, -0.1) is 5.10 Å². The summed E-state index contributed by atoms with van der Waals surface area (Å²) in [6, 6.07) is 13.3. The minimum atomic E-state index is -0.452. The lowest BCUT2D eigenvalue weighted by Crippen LogP contribution is -2.14. The molecular weight excluding hydrogens is 316 g/mol. The van der Waals surface area contributed by atoms with Gasteiger partial charge in [-0.1, -0.05) is 17.7 Å². The van der Waals surface area contributed by atoms with E-state index in [2.05, 4.69) is 15.4 Å². The summed E-state index contributed by atoms with van der Waals surface area (Å²) in [5, 5.41) is 16.9. The zero-order chi connectivity index (χ0) is 16.4. The van der Waals surface area contributed by atoms with Crippen molar-refractivity contribution in [2.75, 3.05) is 5.32 Å². The molecule has 2 aromatic carbocycles. The van der Waals surface area contributed by atoms with Gasteiger partial charge in [0.05, 0.1) is 5.69 Å². The minimum Gasteiger partial charge on any atom is -0.508 e. The fourth-order valence-electron chi connectivity index (χ4n) is 2.08. The summed E-state index contributed by atoms with van der Waals surface area (Å²) in [5.41, 5.74) is 1.23. The van der Waals surface area contributed by atoms with Crippen molar-refractivity contribution in [3.63, 3.8) is 0 Å². The molecule has 0 spiro atoms. The van der Waals surface area contributed by atoms with Crippen LogP contribution in [-0.2, 0) is 0 Å². The Morgan fingerprint density at radius 1 is 1.22 bits per heavy atom. The summed E-state index contributed by atoms with van der Waals surface area (Å²) < 4.78 is 1.56. The van der Waals surface area contributed by atoms with Gasteiger partial charge in [-0.05, 0) is 43.3 Å². The zero-order valence-corrected chi connectivity index (χ0v) is 12.9. The quantitative estimate of drug-likeness (QED) is 0.773. The number of aromatic nitrogens is 3. The van der Waals surface area contributed by atoms with Crippen molar-refractivity contribution in [1.82, 2.24) is 14.8 Å². The molecule has 7 heteroatoms. The predicted octanol–water partition coefficient (Wildman–Crippen LogP) is 3.19. The van der Waals surface area contributed by atoms with Crippen molar-refractivity contribution in [2.24, 2.45) is 0 Å². The first-order valence-electron chi connectivity index (χ1n) is 6.83. The van der Waals surface area contributed by atoms with Crippen LogP contribution in [0.4, 0.5) is 5.69 Å². The third-order valence-corrected chi connectivity index (χ3v) is 3.40. The number of anilines is 1. The van der Waals surface area contributed by atoms with Crippen LogP contribution in [0.1, 0.15) is 16.4 Å². The Balaban J connectivity index is 1.85. The van der Waals surface area contributed by atoms with Crippen LogP contribution in [0.2, 0.25) is 5.02 Å². The summed E-state index contributed by atoms with van der Waals surface area (Å²) >= 11 is 5.87. The molecule has 0 saturated heterocycles. The van der Waals surface area contributed by atoms with E-state index >= 15 is 0 Å². The first kappa shape index (κ1) is 15.1. The number of aromatic hydroxyl groups is 1. The van der Waals surface area contributed by atoms with E-state index in [0.717, 1.165) is 5.69 Å². The van der Waals surface area contributed by atoms with Crippen LogP contribution < -0.4 is 5.32 Å². The van der Waals surface area contributed by atoms with Crippen LogP contribution in [0.5, 0.6) is 5.75 Å². The largest absolute Gasteiger partial charge is 0.508 e. The molecule has 3 aromatic rings. The van der Waals surface area contributed by atoms with Crippen molar-refractivity contribution in [3.05, 3.63) is 65.2 Å². The second-order valence-electron chi connectivity index (χ2n) is 4.88. The first-order chi connectivity index (χ1) is 11.0. The molecule has 1 amide bonds. The van der Waals surface area contributed by atoms with E-state index in [1.54, 1.807) is 48.0 Å². The van der Waals surface area contributed by atoms with Crippen molar-refractivity contribution in [3.8, 4) is 11.4 Å². The van der Waals surface area contributed by atoms with Crippen LogP contribution in [-0.4, -0.2) is 25.8 Å². The van der Waals surface area contributed by atoms with Gasteiger partial charge in [0, 0.05) is 16.8 Å². The van der Waals surface area contributed by atoms with E-state index in [9.17, 15) is 9.90 Å². The van der Waals surface area contributed by atoms with Gasteiger partial charge in [0.25, 0.3) is 5.91 Å². The van der Waals surface area contributed by atoms with Gasteiger partial charge in [0.2, 0.25) is 5.82 Å². The van der Waals surface area contributed by atoms with E-state index in [1.807, 2.05) is 0 Å². The van der Waals surface area contributed by atoms with Gasteiger partial charge in [-0.2, -0.15) is 0 Å². The zero-order valence-electron chi connectivity index (χ0n) is 12.2. The van der Waals surface area contributed by atoms with E-state index in [4.69, 9.17) is 11.6 Å². The third kappa shape index (κ3) is 3.32. The molecule has 3 rings (SSSR count). The normalized spacial score (nSPS) is 10.5. The second-order valence-corrected chi connectivity index (χ2v) is 5.31. The highest BCUT2D eigenvalue weighted by Gasteiger charge is 2.15. The van der Waals surface area contributed by atoms with Crippen LogP contribution in [0, 0.1) is 6.92 Å². The maximum Gasteiger partial charge on any atom is 0.295 e. The Morgan fingerprint density at radius 3 is 2.65 bits per heavy atom. The molecular formula is C16H13ClN4O2. The number of carbonyl (C=O) groups is 1. The number of nitrogens with zero attached hydrogens (tertiary/aromatic N) is 3. The summed E-state index contributed by atoms with van der Waals surface area (Å²) in [6.07, 6.45) is 0. The lowest BCUT2D eigenvalue weighted by Gasteiger charge is -2.03. The molecule has 0 radical (unpaired) electrons. The highest BCUT2D eigenvalue weighted by atomic mass is 35.5. The van der Waals surface area contributed by atoms with E-state index in [1.165, 1.54) is 12.1 Å². The standard InChI is InChI=1S/C16H13ClN4O2/c1-10-18-15(16(23)19-12-3-2-4-14(22)9-12)20-21(10)13-7-5-11(17)6-8-13/h2-9,22H,1H3,(H,19,23). The van der Waals surface area contributed by atoms with Crippen molar-refractivity contribution >= 4 is 23.2 Å². The number of phenols is 1. The SMILES string of the molecule is Cc1nc(C(=O)Nc2cccc(O)c2)nn1-c1ccc(Cl)cc1. The molecule has 0 saturated carbocycles. The average molecular weight is 329 g/mol. The molecule has 1 aromatic heterocycles. The Hall–Kier alpha value is -2.86. The number of benzene rings is 2. The fraction of sp³-hybridized carbons (Fsp3) is 0.0625. The number of rotatable bonds is 3. The molecule has 0 aliphatic carbocycles. The van der Waals surface area contributed by atoms with Gasteiger partial charge in [0.15, 0.2) is 0 Å². The number of aryl methyl sites for hydroxylation is 1. The van der Waals surface area contributed by atoms with Crippen LogP contribution in [0.3, 0.4) is 0 Å². The molecule has 0 fully saturated rings. The van der Waals surface area contributed by atoms with E-state index in [-0.39, 0.29) is 11.6 Å². The molecule has 2 N–H and O–H groups in total. The third-order valence-electron chi connectivity index (χ3n) is 3.15. The lowest BCUT2D eigenvalue weighted by atomic mass is 10.3. The Bertz CT molecular complexity index is 859. The Kier molecular flexibility index (Phi) is 3.99. The number of amides is 1. The van der Waals surface area contributed by atoms with Crippen LogP contribution >= 0.6 is 11.6 Å². The maximum absolute atomic E-state index is 12.2. The summed E-state index contributed by atoms with van der Waals surface area (Å²) in [7, 11) is 0. The molecule has 0 aliphatic rings. The number of hydrogen-bond donors (Lipinski definition) is 2. The molecule has 6 nitrogen and oxygen atoms in total. The van der Waals surface area contributed by atoms with Crippen molar-refractivity contribution in [1.29, 1.82) is 0 Å². The summed E-state index contributed by atoms with van der Waals surface area (Å²) in [6.45, 7) is 1.76. The van der Waals surface area contributed by atoms with Crippen LogP contribution in [0.25, 0.3) is 5.69 Å². The van der Waals surface area contributed by atoms with E-state index < -0.39 is 5.91 Å².